The first-order valence-corrected chi connectivity index (χ1v) is 9.13. The number of benzene rings is 2. The molecule has 1 N–H and O–H groups in total. The van der Waals surface area contributed by atoms with Crippen LogP contribution in [0.3, 0.4) is 0 Å². The first-order chi connectivity index (χ1) is 11.9. The summed E-state index contributed by atoms with van der Waals surface area (Å²) in [5.74, 6) is 0.801. The molecular formula is C19H22BrN5. The van der Waals surface area contributed by atoms with E-state index in [4.69, 9.17) is 0 Å². The van der Waals surface area contributed by atoms with E-state index in [0.717, 1.165) is 39.2 Å². The summed E-state index contributed by atoms with van der Waals surface area (Å²) in [5, 5.41) is 16.2. The van der Waals surface area contributed by atoms with Gasteiger partial charge in [0.05, 0.1) is 11.2 Å². The molecule has 0 aliphatic heterocycles. The third kappa shape index (κ3) is 3.44. The van der Waals surface area contributed by atoms with Crippen LogP contribution in [0.25, 0.3) is 5.69 Å². The van der Waals surface area contributed by atoms with Gasteiger partial charge in [-0.2, -0.15) is 4.68 Å². The van der Waals surface area contributed by atoms with Gasteiger partial charge in [0, 0.05) is 10.2 Å². The van der Waals surface area contributed by atoms with E-state index in [-0.39, 0.29) is 0 Å². The zero-order valence-corrected chi connectivity index (χ0v) is 16.5. The van der Waals surface area contributed by atoms with Gasteiger partial charge in [0.2, 0.25) is 0 Å². The highest BCUT2D eigenvalue weighted by molar-refractivity contribution is 9.10. The van der Waals surface area contributed by atoms with Crippen LogP contribution in [0.15, 0.2) is 46.9 Å². The Morgan fingerprint density at radius 3 is 2.32 bits per heavy atom. The smallest absolute Gasteiger partial charge is 0.181 e. The van der Waals surface area contributed by atoms with Crippen molar-refractivity contribution in [2.24, 2.45) is 0 Å². The van der Waals surface area contributed by atoms with E-state index >= 15 is 0 Å². The van der Waals surface area contributed by atoms with Crippen LogP contribution >= 0.6 is 15.9 Å². The lowest BCUT2D eigenvalue weighted by molar-refractivity contribution is 0.474. The lowest BCUT2D eigenvalue weighted by atomic mass is 9.96. The van der Waals surface area contributed by atoms with Crippen LogP contribution in [0.5, 0.6) is 0 Å². The minimum atomic E-state index is -0.397. The number of halogens is 1. The molecule has 3 aromatic rings. The van der Waals surface area contributed by atoms with E-state index in [1.807, 2.05) is 28.9 Å². The highest BCUT2D eigenvalue weighted by Crippen LogP contribution is 2.30. The topological polar surface area (TPSA) is 55.6 Å². The number of hydrogen-bond acceptors (Lipinski definition) is 4. The Balaban J connectivity index is 2.05. The second-order valence-electron chi connectivity index (χ2n) is 6.47. The van der Waals surface area contributed by atoms with Crippen molar-refractivity contribution >= 4 is 21.6 Å². The van der Waals surface area contributed by atoms with Gasteiger partial charge in [0.1, 0.15) is 0 Å². The lowest BCUT2D eigenvalue weighted by Gasteiger charge is -2.30. The number of nitrogens with zero attached hydrogens (tertiary/aromatic N) is 4. The predicted molar refractivity (Wildman–Crippen MR) is 104 cm³/mol. The van der Waals surface area contributed by atoms with Gasteiger partial charge in [-0.05, 0) is 73.0 Å². The summed E-state index contributed by atoms with van der Waals surface area (Å²) in [6, 6.07) is 14.4. The maximum Gasteiger partial charge on any atom is 0.181 e. The van der Waals surface area contributed by atoms with Gasteiger partial charge >= 0.3 is 0 Å². The van der Waals surface area contributed by atoms with Crippen LogP contribution in [0, 0.1) is 13.8 Å². The molecule has 0 aliphatic carbocycles. The Labute approximate surface area is 156 Å². The van der Waals surface area contributed by atoms with Crippen molar-refractivity contribution in [2.75, 3.05) is 5.32 Å². The fourth-order valence-corrected chi connectivity index (χ4v) is 3.24. The molecule has 1 atom stereocenters. The molecule has 5 nitrogen and oxygen atoms in total. The summed E-state index contributed by atoms with van der Waals surface area (Å²) in [4.78, 5) is 0. The summed E-state index contributed by atoms with van der Waals surface area (Å²) < 4.78 is 2.91. The Kier molecular flexibility index (Phi) is 4.90. The molecule has 0 spiro atoms. The van der Waals surface area contributed by atoms with Crippen molar-refractivity contribution in [2.45, 2.75) is 39.7 Å². The maximum atomic E-state index is 4.36. The minimum absolute atomic E-state index is 0.397. The molecule has 0 aliphatic rings. The van der Waals surface area contributed by atoms with E-state index in [0.29, 0.717) is 0 Å². The number of rotatable bonds is 5. The Bertz CT molecular complexity index is 852. The quantitative estimate of drug-likeness (QED) is 0.670. The Morgan fingerprint density at radius 2 is 1.72 bits per heavy atom. The normalized spacial score (nSPS) is 13.5. The summed E-state index contributed by atoms with van der Waals surface area (Å²) >= 11 is 3.47. The number of aromatic nitrogens is 4. The first-order valence-electron chi connectivity index (χ1n) is 8.34. The van der Waals surface area contributed by atoms with Crippen LogP contribution < -0.4 is 5.32 Å². The second-order valence-corrected chi connectivity index (χ2v) is 7.39. The fourth-order valence-electron chi connectivity index (χ4n) is 2.98. The molecule has 0 unspecified atom stereocenters. The highest BCUT2D eigenvalue weighted by Gasteiger charge is 2.32. The monoisotopic (exact) mass is 399 g/mol. The van der Waals surface area contributed by atoms with Crippen LogP contribution in [0.2, 0.25) is 0 Å². The maximum absolute atomic E-state index is 4.36. The lowest BCUT2D eigenvalue weighted by Crippen LogP contribution is -2.34. The predicted octanol–water partition coefficient (Wildman–Crippen LogP) is 4.78. The van der Waals surface area contributed by atoms with Crippen LogP contribution in [0.1, 0.15) is 37.2 Å². The molecule has 3 rings (SSSR count). The van der Waals surface area contributed by atoms with Crippen molar-refractivity contribution in [1.29, 1.82) is 0 Å². The molecule has 1 heterocycles. The highest BCUT2D eigenvalue weighted by atomic mass is 79.9. The zero-order chi connectivity index (χ0) is 18.0. The number of anilines is 1. The summed E-state index contributed by atoms with van der Waals surface area (Å²) in [6.07, 6.45) is 0.842. The Hall–Kier alpha value is -2.21. The van der Waals surface area contributed by atoms with Crippen molar-refractivity contribution in [1.82, 2.24) is 20.2 Å². The fraction of sp³-hybridized carbons (Fsp3) is 0.316. The number of hydrogen-bond donors (Lipinski definition) is 1. The van der Waals surface area contributed by atoms with Crippen LogP contribution in [-0.2, 0) is 5.54 Å². The molecule has 2 aromatic carbocycles. The molecule has 0 saturated heterocycles. The summed E-state index contributed by atoms with van der Waals surface area (Å²) in [6.45, 7) is 8.43. The van der Waals surface area contributed by atoms with Crippen molar-refractivity contribution in [3.63, 3.8) is 0 Å². The summed E-state index contributed by atoms with van der Waals surface area (Å²) in [5.41, 5.74) is 3.97. The second kappa shape index (κ2) is 6.96. The SMILES string of the molecule is CC[C@@](C)(Nc1ccc(Br)cc1)c1nnnn1-c1c(C)cccc1C. The number of tetrazole rings is 1. The van der Waals surface area contributed by atoms with Crippen molar-refractivity contribution in [3.05, 3.63) is 63.9 Å². The molecule has 0 amide bonds. The molecule has 0 radical (unpaired) electrons. The molecule has 130 valence electrons. The first kappa shape index (κ1) is 17.6. The van der Waals surface area contributed by atoms with Gasteiger partial charge in [-0.3, -0.25) is 0 Å². The minimum Gasteiger partial charge on any atom is -0.373 e. The molecule has 1 aromatic heterocycles. The average molecular weight is 400 g/mol. The zero-order valence-electron chi connectivity index (χ0n) is 14.9. The van der Waals surface area contributed by atoms with Gasteiger partial charge in [0.15, 0.2) is 5.82 Å². The van der Waals surface area contributed by atoms with E-state index < -0.39 is 5.54 Å². The van der Waals surface area contributed by atoms with E-state index in [1.165, 1.54) is 0 Å². The van der Waals surface area contributed by atoms with Gasteiger partial charge in [0.25, 0.3) is 0 Å². The molecular weight excluding hydrogens is 378 g/mol. The van der Waals surface area contributed by atoms with E-state index in [1.54, 1.807) is 0 Å². The molecule has 0 saturated carbocycles. The van der Waals surface area contributed by atoms with Crippen molar-refractivity contribution in [3.8, 4) is 5.69 Å². The van der Waals surface area contributed by atoms with E-state index in [9.17, 15) is 0 Å². The van der Waals surface area contributed by atoms with Crippen LogP contribution in [-0.4, -0.2) is 20.2 Å². The number of nitrogens with one attached hydrogen (secondary N) is 1. The average Bonchev–Trinajstić information content (AvgIpc) is 3.07. The third-order valence-electron chi connectivity index (χ3n) is 4.59. The van der Waals surface area contributed by atoms with Gasteiger partial charge in [-0.1, -0.05) is 41.1 Å². The number of para-hydroxylation sites is 1. The third-order valence-corrected chi connectivity index (χ3v) is 5.11. The van der Waals surface area contributed by atoms with Crippen LogP contribution in [0.4, 0.5) is 5.69 Å². The molecule has 0 bridgehead atoms. The molecule has 25 heavy (non-hydrogen) atoms. The largest absolute Gasteiger partial charge is 0.373 e. The standard InChI is InChI=1S/C19H22BrN5/c1-5-19(4,21-16-11-9-15(20)10-12-16)18-22-23-24-25(18)17-13(2)7-6-8-14(17)3/h6-12,21H,5H2,1-4H3/t19-/m1/s1. The number of aryl methyl sites for hydroxylation is 2. The van der Waals surface area contributed by atoms with Gasteiger partial charge in [-0.15, -0.1) is 5.10 Å². The van der Waals surface area contributed by atoms with Gasteiger partial charge in [-0.25, -0.2) is 0 Å². The summed E-state index contributed by atoms with van der Waals surface area (Å²) in [7, 11) is 0. The molecule has 6 heteroatoms. The van der Waals surface area contributed by atoms with Gasteiger partial charge < -0.3 is 5.32 Å². The Morgan fingerprint density at radius 1 is 1.08 bits per heavy atom. The molecule has 0 fully saturated rings. The van der Waals surface area contributed by atoms with Crippen molar-refractivity contribution < 1.29 is 0 Å². The van der Waals surface area contributed by atoms with E-state index in [2.05, 4.69) is 82.7 Å².